The lowest BCUT2D eigenvalue weighted by atomic mass is 10.2. The van der Waals surface area contributed by atoms with Crippen LogP contribution in [-0.4, -0.2) is 10.9 Å². The summed E-state index contributed by atoms with van der Waals surface area (Å²) in [4.78, 5) is 15.6. The second kappa shape index (κ2) is 3.96. The number of carbonyl (C=O) groups is 1. The van der Waals surface area contributed by atoms with Crippen LogP contribution in [0.1, 0.15) is 16.1 Å². The lowest BCUT2D eigenvalue weighted by molar-refractivity contribution is 0.102. The Labute approximate surface area is 86.9 Å². The van der Waals surface area contributed by atoms with Crippen LogP contribution in [-0.2, 0) is 0 Å². The Hall–Kier alpha value is -2.10. The maximum Gasteiger partial charge on any atom is 0.259 e. The van der Waals surface area contributed by atoms with Crippen LogP contribution in [0.4, 0.5) is 5.69 Å². The van der Waals surface area contributed by atoms with E-state index in [9.17, 15) is 4.79 Å². The molecule has 15 heavy (non-hydrogen) atoms. The van der Waals surface area contributed by atoms with Crippen molar-refractivity contribution in [1.82, 2.24) is 4.98 Å². The summed E-state index contributed by atoms with van der Waals surface area (Å²) in [6.07, 6.45) is 4.74. The molecular formula is C11H10N2O2. The van der Waals surface area contributed by atoms with Gasteiger partial charge in [0.25, 0.3) is 5.91 Å². The van der Waals surface area contributed by atoms with Crippen LogP contribution in [0.2, 0.25) is 0 Å². The molecule has 0 fully saturated rings. The molecule has 4 nitrogen and oxygen atoms in total. The zero-order chi connectivity index (χ0) is 10.7. The molecule has 0 aliphatic rings. The van der Waals surface area contributed by atoms with Gasteiger partial charge in [-0.25, -0.2) is 0 Å². The first-order valence-corrected chi connectivity index (χ1v) is 4.53. The first-order chi connectivity index (χ1) is 7.27. The van der Waals surface area contributed by atoms with Gasteiger partial charge in [0, 0.05) is 6.20 Å². The van der Waals surface area contributed by atoms with Gasteiger partial charge in [-0.05, 0) is 25.1 Å². The monoisotopic (exact) mass is 202 g/mol. The Kier molecular flexibility index (Phi) is 2.49. The van der Waals surface area contributed by atoms with Crippen molar-refractivity contribution >= 4 is 11.6 Å². The molecule has 2 heterocycles. The first-order valence-electron chi connectivity index (χ1n) is 4.53. The molecule has 2 aromatic rings. The lowest BCUT2D eigenvalue weighted by Crippen LogP contribution is -2.12. The van der Waals surface area contributed by atoms with E-state index in [0.717, 1.165) is 0 Å². The third-order valence-corrected chi connectivity index (χ3v) is 2.02. The van der Waals surface area contributed by atoms with E-state index in [-0.39, 0.29) is 5.91 Å². The number of pyridine rings is 1. The standard InChI is InChI=1S/C11H10N2O2/c1-8-10(4-6-15-8)11(14)13-9-3-2-5-12-7-9/h2-7H,1H3,(H,13,14). The number of nitrogens with zero attached hydrogens (tertiary/aromatic N) is 1. The van der Waals surface area contributed by atoms with E-state index in [0.29, 0.717) is 17.0 Å². The molecule has 0 bridgehead atoms. The number of anilines is 1. The Morgan fingerprint density at radius 3 is 2.93 bits per heavy atom. The van der Waals surface area contributed by atoms with Crippen LogP contribution < -0.4 is 5.32 Å². The van der Waals surface area contributed by atoms with Gasteiger partial charge < -0.3 is 9.73 Å². The summed E-state index contributed by atoms with van der Waals surface area (Å²) >= 11 is 0. The van der Waals surface area contributed by atoms with Gasteiger partial charge in [-0.2, -0.15) is 0 Å². The Morgan fingerprint density at radius 1 is 1.47 bits per heavy atom. The molecule has 76 valence electrons. The molecule has 2 rings (SSSR count). The quantitative estimate of drug-likeness (QED) is 0.812. The number of furan rings is 1. The molecule has 0 saturated heterocycles. The number of amides is 1. The van der Waals surface area contributed by atoms with Crippen molar-refractivity contribution in [2.24, 2.45) is 0 Å². The highest BCUT2D eigenvalue weighted by atomic mass is 16.3. The number of carbonyl (C=O) groups excluding carboxylic acids is 1. The van der Waals surface area contributed by atoms with Crippen LogP contribution in [0.3, 0.4) is 0 Å². The molecule has 0 radical (unpaired) electrons. The predicted molar refractivity (Wildman–Crippen MR) is 55.6 cm³/mol. The molecule has 4 heteroatoms. The first kappa shape index (κ1) is 9.45. The fraction of sp³-hybridized carbons (Fsp3) is 0.0909. The zero-order valence-corrected chi connectivity index (χ0v) is 8.23. The van der Waals surface area contributed by atoms with E-state index >= 15 is 0 Å². The second-order valence-corrected chi connectivity index (χ2v) is 3.09. The van der Waals surface area contributed by atoms with E-state index in [4.69, 9.17) is 4.42 Å². The molecule has 1 N–H and O–H groups in total. The molecule has 0 aliphatic carbocycles. The number of hydrogen-bond donors (Lipinski definition) is 1. The highest BCUT2D eigenvalue weighted by Crippen LogP contribution is 2.11. The third-order valence-electron chi connectivity index (χ3n) is 2.02. The number of rotatable bonds is 2. The average molecular weight is 202 g/mol. The Morgan fingerprint density at radius 2 is 2.33 bits per heavy atom. The van der Waals surface area contributed by atoms with Gasteiger partial charge in [0.1, 0.15) is 5.76 Å². The number of hydrogen-bond acceptors (Lipinski definition) is 3. The molecule has 2 aromatic heterocycles. The maximum absolute atomic E-state index is 11.7. The normalized spacial score (nSPS) is 9.93. The van der Waals surface area contributed by atoms with Crippen molar-refractivity contribution in [2.45, 2.75) is 6.92 Å². The summed E-state index contributed by atoms with van der Waals surface area (Å²) in [5, 5.41) is 2.72. The van der Waals surface area contributed by atoms with Gasteiger partial charge in [0.15, 0.2) is 0 Å². The summed E-state index contributed by atoms with van der Waals surface area (Å²) in [5.41, 5.74) is 1.21. The molecule has 0 aromatic carbocycles. The maximum atomic E-state index is 11.7. The van der Waals surface area contributed by atoms with Gasteiger partial charge in [0.2, 0.25) is 0 Å². The van der Waals surface area contributed by atoms with E-state index in [1.807, 2.05) is 0 Å². The number of nitrogens with one attached hydrogen (secondary N) is 1. The highest BCUT2D eigenvalue weighted by Gasteiger charge is 2.10. The van der Waals surface area contributed by atoms with Crippen LogP contribution in [0.15, 0.2) is 41.3 Å². The minimum Gasteiger partial charge on any atom is -0.469 e. The third kappa shape index (κ3) is 2.04. The summed E-state index contributed by atoms with van der Waals surface area (Å²) in [6.45, 7) is 1.75. The van der Waals surface area contributed by atoms with Gasteiger partial charge in [-0.15, -0.1) is 0 Å². The van der Waals surface area contributed by atoms with E-state index in [2.05, 4.69) is 10.3 Å². The van der Waals surface area contributed by atoms with E-state index < -0.39 is 0 Å². The lowest BCUT2D eigenvalue weighted by Gasteiger charge is -2.02. The van der Waals surface area contributed by atoms with Crippen molar-refractivity contribution in [3.8, 4) is 0 Å². The molecule has 0 aliphatic heterocycles. The van der Waals surface area contributed by atoms with Crippen LogP contribution in [0, 0.1) is 6.92 Å². The van der Waals surface area contributed by atoms with Gasteiger partial charge in [-0.1, -0.05) is 0 Å². The van der Waals surface area contributed by atoms with E-state index in [1.165, 1.54) is 6.26 Å². The van der Waals surface area contributed by atoms with Crippen LogP contribution >= 0.6 is 0 Å². The SMILES string of the molecule is Cc1occc1C(=O)Nc1cccnc1. The second-order valence-electron chi connectivity index (χ2n) is 3.09. The Bertz CT molecular complexity index is 462. The molecule has 0 unspecified atom stereocenters. The fourth-order valence-corrected chi connectivity index (χ4v) is 1.26. The van der Waals surface area contributed by atoms with Crippen molar-refractivity contribution in [3.05, 3.63) is 48.2 Å². The number of aryl methyl sites for hydroxylation is 1. The summed E-state index contributed by atoms with van der Waals surface area (Å²) in [6, 6.07) is 5.18. The number of aromatic nitrogens is 1. The van der Waals surface area contributed by atoms with Crippen LogP contribution in [0.5, 0.6) is 0 Å². The largest absolute Gasteiger partial charge is 0.469 e. The average Bonchev–Trinajstić information content (AvgIpc) is 2.66. The van der Waals surface area contributed by atoms with Gasteiger partial charge in [-0.3, -0.25) is 9.78 Å². The Balaban J connectivity index is 2.15. The zero-order valence-electron chi connectivity index (χ0n) is 8.23. The summed E-state index contributed by atoms with van der Waals surface area (Å²) < 4.78 is 5.05. The topological polar surface area (TPSA) is 55.1 Å². The summed E-state index contributed by atoms with van der Waals surface area (Å²) in [5.74, 6) is 0.422. The van der Waals surface area contributed by atoms with Crippen molar-refractivity contribution in [2.75, 3.05) is 5.32 Å². The molecule has 0 saturated carbocycles. The molecule has 0 atom stereocenters. The molecule has 1 amide bonds. The van der Waals surface area contributed by atoms with E-state index in [1.54, 1.807) is 37.5 Å². The highest BCUT2D eigenvalue weighted by molar-refractivity contribution is 6.04. The minimum absolute atomic E-state index is 0.186. The molecular weight excluding hydrogens is 192 g/mol. The van der Waals surface area contributed by atoms with Crippen molar-refractivity contribution in [3.63, 3.8) is 0 Å². The van der Waals surface area contributed by atoms with Gasteiger partial charge >= 0.3 is 0 Å². The van der Waals surface area contributed by atoms with Gasteiger partial charge in [0.05, 0.1) is 23.7 Å². The van der Waals surface area contributed by atoms with Crippen LogP contribution in [0.25, 0.3) is 0 Å². The van der Waals surface area contributed by atoms with Crippen molar-refractivity contribution < 1.29 is 9.21 Å². The fourth-order valence-electron chi connectivity index (χ4n) is 1.26. The summed E-state index contributed by atoms with van der Waals surface area (Å²) in [7, 11) is 0. The molecule has 0 spiro atoms. The van der Waals surface area contributed by atoms with Crippen molar-refractivity contribution in [1.29, 1.82) is 0 Å². The smallest absolute Gasteiger partial charge is 0.259 e. The predicted octanol–water partition coefficient (Wildman–Crippen LogP) is 2.24. The minimum atomic E-state index is -0.186.